The average molecular weight is 260 g/mol. The van der Waals surface area contributed by atoms with Gasteiger partial charge >= 0.3 is 11.9 Å². The Morgan fingerprint density at radius 3 is 1.89 bits per heavy atom. The zero-order chi connectivity index (χ0) is 14.0. The van der Waals surface area contributed by atoms with Gasteiger partial charge in [-0.3, -0.25) is 9.59 Å². The zero-order valence-corrected chi connectivity index (χ0v) is 11.3. The second-order valence-electron chi connectivity index (χ2n) is 4.64. The lowest BCUT2D eigenvalue weighted by molar-refractivity contribution is -0.138. The van der Waals surface area contributed by atoms with Crippen molar-refractivity contribution in [3.63, 3.8) is 0 Å². The van der Waals surface area contributed by atoms with E-state index in [4.69, 9.17) is 10.2 Å². The molecule has 0 aromatic carbocycles. The van der Waals surface area contributed by atoms with Gasteiger partial charge < -0.3 is 20.0 Å². The Bertz CT molecular complexity index is 256. The molecule has 2 N–H and O–H groups in total. The minimum atomic E-state index is -0.814. The highest BCUT2D eigenvalue weighted by atomic mass is 16.4. The SMILES string of the molecule is CN(C)CCCN(CCCC(=O)O)CCC(=O)O. The molecule has 0 bridgehead atoms. The lowest BCUT2D eigenvalue weighted by atomic mass is 10.2. The number of carboxylic acids is 2. The number of nitrogens with zero attached hydrogens (tertiary/aromatic N) is 2. The van der Waals surface area contributed by atoms with Gasteiger partial charge in [-0.2, -0.15) is 0 Å². The molecule has 0 aliphatic rings. The molecular weight excluding hydrogens is 236 g/mol. The van der Waals surface area contributed by atoms with Gasteiger partial charge in [0.2, 0.25) is 0 Å². The molecule has 18 heavy (non-hydrogen) atoms. The maximum absolute atomic E-state index is 10.5. The summed E-state index contributed by atoms with van der Waals surface area (Å²) in [5, 5.41) is 17.2. The molecular formula is C12H24N2O4. The van der Waals surface area contributed by atoms with Crippen LogP contribution >= 0.6 is 0 Å². The number of carboxylic acid groups (broad SMARTS) is 2. The normalized spacial score (nSPS) is 11.1. The lowest BCUT2D eigenvalue weighted by Crippen LogP contribution is -2.30. The van der Waals surface area contributed by atoms with E-state index in [2.05, 4.69) is 4.90 Å². The molecule has 0 radical (unpaired) electrons. The Morgan fingerprint density at radius 2 is 1.39 bits per heavy atom. The Morgan fingerprint density at radius 1 is 0.833 bits per heavy atom. The first kappa shape index (κ1) is 16.9. The summed E-state index contributed by atoms with van der Waals surface area (Å²) in [5.41, 5.74) is 0. The highest BCUT2D eigenvalue weighted by Crippen LogP contribution is 2.00. The third-order valence-electron chi connectivity index (χ3n) is 2.59. The predicted molar refractivity (Wildman–Crippen MR) is 68.7 cm³/mol. The van der Waals surface area contributed by atoms with Crippen LogP contribution in [0, 0.1) is 0 Å². The number of hydrogen-bond donors (Lipinski definition) is 2. The van der Waals surface area contributed by atoms with Crippen LogP contribution in [-0.2, 0) is 9.59 Å². The van der Waals surface area contributed by atoms with E-state index in [1.54, 1.807) is 0 Å². The van der Waals surface area contributed by atoms with Gasteiger partial charge in [-0.05, 0) is 46.6 Å². The van der Waals surface area contributed by atoms with Gasteiger partial charge in [0.15, 0.2) is 0 Å². The average Bonchev–Trinajstić information content (AvgIpc) is 2.24. The number of aliphatic carboxylic acids is 2. The Labute approximate surface area is 108 Å². The van der Waals surface area contributed by atoms with Crippen LogP contribution in [0.4, 0.5) is 0 Å². The first-order valence-corrected chi connectivity index (χ1v) is 6.22. The van der Waals surface area contributed by atoms with E-state index in [0.29, 0.717) is 19.5 Å². The molecule has 0 aliphatic heterocycles. The second-order valence-corrected chi connectivity index (χ2v) is 4.64. The van der Waals surface area contributed by atoms with Crippen LogP contribution in [0.25, 0.3) is 0 Å². The van der Waals surface area contributed by atoms with Crippen LogP contribution in [0.3, 0.4) is 0 Å². The van der Waals surface area contributed by atoms with E-state index in [1.165, 1.54) is 0 Å². The van der Waals surface area contributed by atoms with Crippen LogP contribution in [-0.4, -0.2) is 72.2 Å². The highest BCUT2D eigenvalue weighted by Gasteiger charge is 2.08. The summed E-state index contributed by atoms with van der Waals surface area (Å²) < 4.78 is 0. The molecule has 0 aromatic rings. The van der Waals surface area contributed by atoms with Crippen LogP contribution in [0.15, 0.2) is 0 Å². The molecule has 0 fully saturated rings. The minimum absolute atomic E-state index is 0.106. The largest absolute Gasteiger partial charge is 0.481 e. The fourth-order valence-corrected chi connectivity index (χ4v) is 1.65. The summed E-state index contributed by atoms with van der Waals surface area (Å²) in [6, 6.07) is 0. The van der Waals surface area contributed by atoms with E-state index in [9.17, 15) is 9.59 Å². The van der Waals surface area contributed by atoms with Crippen molar-refractivity contribution in [3.8, 4) is 0 Å². The van der Waals surface area contributed by atoms with Crippen molar-refractivity contribution in [2.24, 2.45) is 0 Å². The summed E-state index contributed by atoms with van der Waals surface area (Å²) in [4.78, 5) is 25.1. The molecule has 0 aromatic heterocycles. The molecule has 0 rings (SSSR count). The molecule has 0 spiro atoms. The van der Waals surface area contributed by atoms with Gasteiger partial charge in [-0.15, -0.1) is 0 Å². The van der Waals surface area contributed by atoms with Gasteiger partial charge in [0, 0.05) is 13.0 Å². The van der Waals surface area contributed by atoms with E-state index < -0.39 is 11.9 Å². The topological polar surface area (TPSA) is 81.1 Å². The maximum Gasteiger partial charge on any atom is 0.304 e. The fraction of sp³-hybridized carbons (Fsp3) is 0.833. The third kappa shape index (κ3) is 11.3. The fourth-order valence-electron chi connectivity index (χ4n) is 1.65. The molecule has 0 unspecified atom stereocenters. The zero-order valence-electron chi connectivity index (χ0n) is 11.3. The molecule has 6 nitrogen and oxygen atoms in total. The van der Waals surface area contributed by atoms with Crippen molar-refractivity contribution < 1.29 is 19.8 Å². The molecule has 0 heterocycles. The predicted octanol–water partition coefficient (Wildman–Crippen LogP) is 0.580. The molecule has 0 aliphatic carbocycles. The van der Waals surface area contributed by atoms with Crippen LogP contribution in [0.2, 0.25) is 0 Å². The maximum atomic E-state index is 10.5. The highest BCUT2D eigenvalue weighted by molar-refractivity contribution is 5.67. The minimum Gasteiger partial charge on any atom is -0.481 e. The molecule has 0 saturated heterocycles. The first-order chi connectivity index (χ1) is 8.41. The molecule has 6 heteroatoms. The summed E-state index contributed by atoms with van der Waals surface area (Å²) in [6.07, 6.45) is 1.77. The van der Waals surface area contributed by atoms with Crippen molar-refractivity contribution in [1.29, 1.82) is 0 Å². The van der Waals surface area contributed by atoms with Crippen molar-refractivity contribution in [1.82, 2.24) is 9.80 Å². The number of hydrogen-bond acceptors (Lipinski definition) is 4. The van der Waals surface area contributed by atoms with Crippen molar-refractivity contribution in [2.75, 3.05) is 40.3 Å². The summed E-state index contributed by atoms with van der Waals surface area (Å²) in [7, 11) is 3.98. The monoisotopic (exact) mass is 260 g/mol. The second kappa shape index (κ2) is 9.85. The lowest BCUT2D eigenvalue weighted by Gasteiger charge is -2.22. The number of carbonyl (C=O) groups is 2. The standard InChI is InChI=1S/C12H24N2O4/c1-13(2)7-4-9-14(10-6-12(17)18)8-3-5-11(15)16/h3-10H2,1-2H3,(H,15,16)(H,17,18). The summed E-state index contributed by atoms with van der Waals surface area (Å²) >= 11 is 0. The van der Waals surface area contributed by atoms with E-state index in [1.807, 2.05) is 19.0 Å². The van der Waals surface area contributed by atoms with E-state index in [0.717, 1.165) is 19.5 Å². The van der Waals surface area contributed by atoms with Gasteiger partial charge in [0.25, 0.3) is 0 Å². The summed E-state index contributed by atoms with van der Waals surface area (Å²) in [5.74, 6) is -1.62. The number of rotatable bonds is 11. The molecule has 106 valence electrons. The van der Waals surface area contributed by atoms with Crippen LogP contribution in [0.5, 0.6) is 0 Å². The molecule has 0 saturated carbocycles. The van der Waals surface area contributed by atoms with Crippen LogP contribution < -0.4 is 0 Å². The Kier molecular flexibility index (Phi) is 9.22. The van der Waals surface area contributed by atoms with Gasteiger partial charge in [-0.25, -0.2) is 0 Å². The van der Waals surface area contributed by atoms with Gasteiger partial charge in [-0.1, -0.05) is 0 Å². The van der Waals surface area contributed by atoms with E-state index in [-0.39, 0.29) is 12.8 Å². The van der Waals surface area contributed by atoms with Gasteiger partial charge in [0.05, 0.1) is 6.42 Å². The Balaban J connectivity index is 3.91. The van der Waals surface area contributed by atoms with Crippen molar-refractivity contribution in [3.05, 3.63) is 0 Å². The third-order valence-corrected chi connectivity index (χ3v) is 2.59. The Hall–Kier alpha value is -1.14. The smallest absolute Gasteiger partial charge is 0.304 e. The van der Waals surface area contributed by atoms with Crippen molar-refractivity contribution in [2.45, 2.75) is 25.7 Å². The quantitative estimate of drug-likeness (QED) is 0.565. The van der Waals surface area contributed by atoms with E-state index >= 15 is 0 Å². The van der Waals surface area contributed by atoms with Crippen molar-refractivity contribution >= 4 is 11.9 Å². The molecule has 0 amide bonds. The van der Waals surface area contributed by atoms with Crippen LogP contribution in [0.1, 0.15) is 25.7 Å². The van der Waals surface area contributed by atoms with Gasteiger partial charge in [0.1, 0.15) is 0 Å². The summed E-state index contributed by atoms with van der Waals surface area (Å²) in [6.45, 7) is 2.89. The molecule has 0 atom stereocenters. The first-order valence-electron chi connectivity index (χ1n) is 6.22.